The number of carbonyl (C=O) groups is 3. The molecule has 0 fully saturated rings. The molecule has 39 heavy (non-hydrogen) atoms. The Balaban J connectivity index is 1.90. The first-order valence-electron chi connectivity index (χ1n) is 13.3. The van der Waals surface area contributed by atoms with Gasteiger partial charge in [-0.05, 0) is 62.4 Å². The molecule has 2 aliphatic rings. The SMILES string of the molecule is CCOC(=O)C1=C(C)NC2=C(C(=O)[C@H](C(=O)OCC)[C@@H](c3cccc(OC)c3)C2)[C@H]1c1ccc(C(C)(C)C)s1. The van der Waals surface area contributed by atoms with E-state index in [2.05, 4.69) is 32.2 Å². The van der Waals surface area contributed by atoms with E-state index in [0.29, 0.717) is 29.0 Å². The molecular formula is C31H37NO6S. The van der Waals surface area contributed by atoms with E-state index >= 15 is 0 Å². The molecule has 0 radical (unpaired) electrons. The minimum atomic E-state index is -1.05. The van der Waals surface area contributed by atoms with Gasteiger partial charge in [0.2, 0.25) is 0 Å². The molecule has 1 aliphatic heterocycles. The highest BCUT2D eigenvalue weighted by Gasteiger charge is 2.49. The van der Waals surface area contributed by atoms with Crippen molar-refractivity contribution >= 4 is 29.1 Å². The molecule has 4 rings (SSSR count). The summed E-state index contributed by atoms with van der Waals surface area (Å²) in [6, 6.07) is 11.5. The normalized spacial score (nSPS) is 21.3. The smallest absolute Gasteiger partial charge is 0.336 e. The van der Waals surface area contributed by atoms with E-state index in [4.69, 9.17) is 14.2 Å². The maximum atomic E-state index is 14.4. The van der Waals surface area contributed by atoms with E-state index in [1.54, 1.807) is 32.3 Å². The number of Topliss-reactive ketones (excluding diaryl/α,β-unsaturated/α-hetero) is 1. The zero-order valence-electron chi connectivity index (χ0n) is 23.7. The summed E-state index contributed by atoms with van der Waals surface area (Å²) in [6.45, 7) is 12.1. The van der Waals surface area contributed by atoms with Gasteiger partial charge in [-0.1, -0.05) is 32.9 Å². The molecule has 3 atom stereocenters. The van der Waals surface area contributed by atoms with Gasteiger partial charge in [-0.3, -0.25) is 9.59 Å². The molecule has 0 bridgehead atoms. The van der Waals surface area contributed by atoms with Gasteiger partial charge in [0.15, 0.2) is 5.78 Å². The lowest BCUT2D eigenvalue weighted by atomic mass is 9.68. The number of ketones is 1. The van der Waals surface area contributed by atoms with Crippen LogP contribution in [0.4, 0.5) is 0 Å². The fraction of sp³-hybridized carbons (Fsp3) is 0.452. The fourth-order valence-electron chi connectivity index (χ4n) is 5.40. The standard InChI is InChI=1S/C31H37NO6S/c1-8-37-29(34)24-17(3)32-21-16-20(18-11-10-12-19(15-18)36-7)25(30(35)38-9-2)28(33)26(21)27(24)22-13-14-23(39-22)31(4,5)6/h10-15,20,25,27,32H,8-9,16H2,1-7H3/t20-,25-,27+/m1/s1. The quantitative estimate of drug-likeness (QED) is 0.345. The van der Waals surface area contributed by atoms with E-state index in [1.807, 2.05) is 37.3 Å². The molecular weight excluding hydrogens is 514 g/mol. The minimum absolute atomic E-state index is 0.0998. The average molecular weight is 552 g/mol. The van der Waals surface area contributed by atoms with E-state index in [1.165, 1.54) is 0 Å². The van der Waals surface area contributed by atoms with Gasteiger partial charge in [-0.2, -0.15) is 0 Å². The van der Waals surface area contributed by atoms with Crippen molar-refractivity contribution in [2.75, 3.05) is 20.3 Å². The number of esters is 2. The van der Waals surface area contributed by atoms with Crippen LogP contribution < -0.4 is 10.1 Å². The first-order chi connectivity index (χ1) is 18.5. The monoisotopic (exact) mass is 551 g/mol. The molecule has 0 unspecified atom stereocenters. The predicted molar refractivity (Wildman–Crippen MR) is 151 cm³/mol. The van der Waals surface area contributed by atoms with Crippen LogP contribution in [0.5, 0.6) is 5.75 Å². The van der Waals surface area contributed by atoms with Crippen molar-refractivity contribution in [3.63, 3.8) is 0 Å². The number of ether oxygens (including phenoxy) is 3. The highest BCUT2D eigenvalue weighted by molar-refractivity contribution is 7.12. The number of dihydropyridines is 1. The molecule has 1 aromatic carbocycles. The molecule has 2 heterocycles. The molecule has 0 spiro atoms. The molecule has 1 aromatic heterocycles. The summed E-state index contributed by atoms with van der Waals surface area (Å²) in [6.07, 6.45) is 0.402. The first-order valence-corrected chi connectivity index (χ1v) is 14.2. The van der Waals surface area contributed by atoms with Crippen LogP contribution in [-0.4, -0.2) is 38.0 Å². The van der Waals surface area contributed by atoms with Crippen molar-refractivity contribution < 1.29 is 28.6 Å². The third kappa shape index (κ3) is 5.53. The topological polar surface area (TPSA) is 90.9 Å². The number of rotatable bonds is 7. The van der Waals surface area contributed by atoms with Crippen LogP contribution in [-0.2, 0) is 29.3 Å². The van der Waals surface area contributed by atoms with E-state index in [-0.39, 0.29) is 24.4 Å². The Morgan fingerprint density at radius 1 is 1.08 bits per heavy atom. The predicted octanol–water partition coefficient (Wildman–Crippen LogP) is 5.77. The number of methoxy groups -OCH3 is 1. The molecule has 0 amide bonds. The Labute approximate surface area is 234 Å². The fourth-order valence-corrected chi connectivity index (χ4v) is 6.58. The lowest BCUT2D eigenvalue weighted by Gasteiger charge is -2.39. The molecule has 208 valence electrons. The summed E-state index contributed by atoms with van der Waals surface area (Å²) in [4.78, 5) is 43.1. The van der Waals surface area contributed by atoms with Crippen molar-refractivity contribution in [1.29, 1.82) is 0 Å². The summed E-state index contributed by atoms with van der Waals surface area (Å²) in [5, 5.41) is 3.35. The number of benzene rings is 1. The van der Waals surface area contributed by atoms with Crippen LogP contribution in [0.15, 0.2) is 58.9 Å². The van der Waals surface area contributed by atoms with Crippen LogP contribution in [0, 0.1) is 5.92 Å². The second-order valence-electron chi connectivity index (χ2n) is 10.8. The van der Waals surface area contributed by atoms with Crippen molar-refractivity contribution in [3.8, 4) is 5.75 Å². The lowest BCUT2D eigenvalue weighted by molar-refractivity contribution is -0.152. The van der Waals surface area contributed by atoms with Crippen molar-refractivity contribution in [2.45, 2.75) is 65.2 Å². The van der Waals surface area contributed by atoms with Crippen LogP contribution in [0.1, 0.15) is 75.1 Å². The number of thiophene rings is 1. The summed E-state index contributed by atoms with van der Waals surface area (Å²) < 4.78 is 16.3. The lowest BCUT2D eigenvalue weighted by Crippen LogP contribution is -2.43. The molecule has 1 aliphatic carbocycles. The highest BCUT2D eigenvalue weighted by atomic mass is 32.1. The maximum absolute atomic E-state index is 14.4. The van der Waals surface area contributed by atoms with Gasteiger partial charge in [-0.15, -0.1) is 11.3 Å². The Morgan fingerprint density at radius 2 is 1.79 bits per heavy atom. The van der Waals surface area contributed by atoms with E-state index < -0.39 is 29.7 Å². The molecule has 0 saturated heterocycles. The molecule has 7 nitrogen and oxygen atoms in total. The molecule has 8 heteroatoms. The number of nitrogens with one attached hydrogen (secondary N) is 1. The average Bonchev–Trinajstić information content (AvgIpc) is 3.39. The first kappa shape index (κ1) is 28.6. The van der Waals surface area contributed by atoms with Gasteiger partial charge < -0.3 is 19.5 Å². The van der Waals surface area contributed by atoms with Crippen LogP contribution in [0.3, 0.4) is 0 Å². The summed E-state index contributed by atoms with van der Waals surface area (Å²) in [5.41, 5.74) is 2.91. The third-order valence-electron chi connectivity index (χ3n) is 7.23. The third-order valence-corrected chi connectivity index (χ3v) is 8.80. The Morgan fingerprint density at radius 3 is 2.41 bits per heavy atom. The highest BCUT2D eigenvalue weighted by Crippen LogP contribution is 2.50. The van der Waals surface area contributed by atoms with Gasteiger partial charge in [0.1, 0.15) is 11.7 Å². The van der Waals surface area contributed by atoms with Gasteiger partial charge in [0.05, 0.1) is 31.8 Å². The van der Waals surface area contributed by atoms with Crippen LogP contribution >= 0.6 is 11.3 Å². The second-order valence-corrected chi connectivity index (χ2v) is 12.0. The van der Waals surface area contributed by atoms with Crippen LogP contribution in [0.2, 0.25) is 0 Å². The zero-order chi connectivity index (χ0) is 28.5. The molecule has 1 N–H and O–H groups in total. The number of carbonyl (C=O) groups excluding carboxylic acids is 3. The summed E-state index contributed by atoms with van der Waals surface area (Å²) in [5.74, 6) is -2.87. The molecule has 2 aromatic rings. The zero-order valence-corrected chi connectivity index (χ0v) is 24.5. The summed E-state index contributed by atoms with van der Waals surface area (Å²) in [7, 11) is 1.58. The number of hydrogen-bond donors (Lipinski definition) is 1. The number of hydrogen-bond acceptors (Lipinski definition) is 8. The maximum Gasteiger partial charge on any atom is 0.336 e. The van der Waals surface area contributed by atoms with E-state index in [0.717, 1.165) is 21.0 Å². The number of allylic oxidation sites excluding steroid dienone is 3. The van der Waals surface area contributed by atoms with Gasteiger partial charge in [0.25, 0.3) is 0 Å². The Hall–Kier alpha value is -3.39. The summed E-state index contributed by atoms with van der Waals surface area (Å²) >= 11 is 1.58. The Kier molecular flexibility index (Phi) is 8.35. The van der Waals surface area contributed by atoms with Gasteiger partial charge in [-0.25, -0.2) is 4.79 Å². The minimum Gasteiger partial charge on any atom is -0.497 e. The Bertz CT molecular complexity index is 1340. The van der Waals surface area contributed by atoms with Crippen molar-refractivity contribution in [3.05, 3.63) is 74.3 Å². The van der Waals surface area contributed by atoms with Crippen molar-refractivity contribution in [1.82, 2.24) is 5.32 Å². The van der Waals surface area contributed by atoms with Gasteiger partial charge >= 0.3 is 11.9 Å². The second kappa shape index (κ2) is 11.4. The van der Waals surface area contributed by atoms with Gasteiger partial charge in [0, 0.05) is 32.6 Å². The van der Waals surface area contributed by atoms with Crippen LogP contribution in [0.25, 0.3) is 0 Å². The van der Waals surface area contributed by atoms with E-state index in [9.17, 15) is 14.4 Å². The van der Waals surface area contributed by atoms with Crippen molar-refractivity contribution in [2.24, 2.45) is 5.92 Å². The largest absolute Gasteiger partial charge is 0.497 e. The molecule has 0 saturated carbocycles.